The molecule has 4 rings (SSSR count). The Bertz CT molecular complexity index is 1030. The summed E-state index contributed by atoms with van der Waals surface area (Å²) in [6.45, 7) is 0. The molecule has 5 nitrogen and oxygen atoms in total. The lowest BCUT2D eigenvalue weighted by atomic mass is 9.87. The zero-order valence-electron chi connectivity index (χ0n) is 14.0. The molecule has 1 aromatic heterocycles. The Morgan fingerprint density at radius 2 is 1.96 bits per heavy atom. The molecule has 0 saturated carbocycles. The van der Waals surface area contributed by atoms with Crippen LogP contribution >= 0.6 is 11.3 Å². The van der Waals surface area contributed by atoms with Crippen molar-refractivity contribution >= 4 is 40.0 Å². The Hall–Kier alpha value is -2.61. The van der Waals surface area contributed by atoms with E-state index in [-0.39, 0.29) is 5.75 Å². The molecule has 2 heterocycles. The third-order valence-electron chi connectivity index (χ3n) is 4.32. The maximum atomic E-state index is 12.0. The molecular formula is C20H14NO4S2-. The molecule has 2 unspecified atom stereocenters. The number of allylic oxidation sites excluding steroid dienone is 1. The molecule has 27 heavy (non-hydrogen) atoms. The van der Waals surface area contributed by atoms with Crippen LogP contribution in [0.4, 0.5) is 0 Å². The number of ether oxygens (including phenoxy) is 1. The summed E-state index contributed by atoms with van der Waals surface area (Å²) in [4.78, 5) is 16.4. The van der Waals surface area contributed by atoms with E-state index >= 15 is 0 Å². The summed E-state index contributed by atoms with van der Waals surface area (Å²) < 4.78 is 28.0. The van der Waals surface area contributed by atoms with E-state index < -0.39 is 17.0 Å². The predicted octanol–water partition coefficient (Wildman–Crippen LogP) is 3.77. The molecule has 136 valence electrons. The van der Waals surface area contributed by atoms with E-state index in [1.807, 2.05) is 29.6 Å². The van der Waals surface area contributed by atoms with Crippen LogP contribution in [0.5, 0.6) is 5.75 Å². The minimum absolute atomic E-state index is 0.0423. The average molecular weight is 396 g/mol. The molecule has 3 aromatic rings. The average Bonchev–Trinajstić information content (AvgIpc) is 3.21. The first kappa shape index (κ1) is 17.8. The van der Waals surface area contributed by atoms with Crippen LogP contribution in [0.3, 0.4) is 0 Å². The number of carbonyl (C=O) groups is 1. The minimum Gasteiger partial charge on any atom is -0.772 e. The van der Waals surface area contributed by atoms with Crippen LogP contribution in [0.1, 0.15) is 27.6 Å². The fourth-order valence-electron chi connectivity index (χ4n) is 3.12. The van der Waals surface area contributed by atoms with E-state index in [4.69, 9.17) is 4.74 Å². The molecule has 0 spiro atoms. The molecule has 1 aliphatic rings. The molecule has 0 N–H and O–H groups in total. The van der Waals surface area contributed by atoms with Crippen LogP contribution < -0.4 is 4.74 Å². The van der Waals surface area contributed by atoms with Gasteiger partial charge in [-0.15, -0.1) is 11.3 Å². The number of para-hydroxylation sites is 1. The van der Waals surface area contributed by atoms with E-state index in [1.54, 1.807) is 30.5 Å². The number of rotatable bonds is 5. The van der Waals surface area contributed by atoms with Crippen molar-refractivity contribution in [3.8, 4) is 5.75 Å². The topological polar surface area (TPSA) is 79.3 Å². The fourth-order valence-corrected chi connectivity index (χ4v) is 4.31. The normalized spacial score (nSPS) is 17.1. The monoisotopic (exact) mass is 396 g/mol. The third kappa shape index (κ3) is 3.49. The summed E-state index contributed by atoms with van der Waals surface area (Å²) in [5.74, 6) is 0.675. The van der Waals surface area contributed by atoms with Gasteiger partial charge in [0.25, 0.3) is 0 Å². The Labute approximate surface area is 162 Å². The van der Waals surface area contributed by atoms with Gasteiger partial charge in [-0.3, -0.25) is 4.21 Å². The van der Waals surface area contributed by atoms with Crippen molar-refractivity contribution in [2.45, 2.75) is 11.7 Å². The molecule has 2 aromatic carbocycles. The lowest BCUT2D eigenvalue weighted by Gasteiger charge is -2.27. The van der Waals surface area contributed by atoms with Gasteiger partial charge in [-0.05, 0) is 11.6 Å². The highest BCUT2D eigenvalue weighted by Crippen LogP contribution is 2.46. The standard InChI is InChI=1S/C20H15NO4S2/c22-11-16-15-3-1-2-4-17(15)25-19(18(16)20-21-9-10-26-20)14-7-5-13(6-8-14)12-27(23)24/h1-11,16H,12H2,(H,23,24)/p-1. The second kappa shape index (κ2) is 7.56. The third-order valence-corrected chi connectivity index (χ3v) is 5.70. The van der Waals surface area contributed by atoms with E-state index in [2.05, 4.69) is 4.98 Å². The van der Waals surface area contributed by atoms with Crippen LogP contribution in [0.15, 0.2) is 60.1 Å². The van der Waals surface area contributed by atoms with Crippen LogP contribution in [-0.4, -0.2) is 20.0 Å². The molecule has 7 heteroatoms. The second-order valence-electron chi connectivity index (χ2n) is 5.98. The largest absolute Gasteiger partial charge is 0.772 e. The fraction of sp³-hybridized carbons (Fsp3) is 0.100. The lowest BCUT2D eigenvalue weighted by molar-refractivity contribution is -0.108. The van der Waals surface area contributed by atoms with Crippen LogP contribution in [-0.2, 0) is 21.6 Å². The number of thiazole rings is 1. The van der Waals surface area contributed by atoms with E-state index in [0.717, 1.165) is 28.0 Å². The van der Waals surface area contributed by atoms with Crippen molar-refractivity contribution in [1.29, 1.82) is 0 Å². The van der Waals surface area contributed by atoms with Gasteiger partial charge in [-0.2, -0.15) is 0 Å². The van der Waals surface area contributed by atoms with Crippen molar-refractivity contribution in [2.24, 2.45) is 0 Å². The van der Waals surface area contributed by atoms with Gasteiger partial charge in [0.15, 0.2) is 0 Å². The van der Waals surface area contributed by atoms with Gasteiger partial charge in [0, 0.05) is 34.0 Å². The Morgan fingerprint density at radius 1 is 1.19 bits per heavy atom. The predicted molar refractivity (Wildman–Crippen MR) is 104 cm³/mol. The first-order valence-electron chi connectivity index (χ1n) is 8.18. The van der Waals surface area contributed by atoms with Crippen molar-refractivity contribution in [3.63, 3.8) is 0 Å². The molecule has 0 radical (unpaired) electrons. The Kier molecular flexibility index (Phi) is 4.98. The molecule has 0 aliphatic carbocycles. The summed E-state index contributed by atoms with van der Waals surface area (Å²) in [6.07, 6.45) is 2.60. The summed E-state index contributed by atoms with van der Waals surface area (Å²) in [7, 11) is 0. The second-order valence-corrected chi connectivity index (χ2v) is 7.77. The molecule has 0 amide bonds. The van der Waals surface area contributed by atoms with Gasteiger partial charge in [0.05, 0.1) is 5.92 Å². The molecule has 2 atom stereocenters. The van der Waals surface area contributed by atoms with Gasteiger partial charge in [-0.25, -0.2) is 4.98 Å². The summed E-state index contributed by atoms with van der Waals surface area (Å²) in [6, 6.07) is 14.6. The number of hydrogen-bond donors (Lipinski definition) is 0. The molecule has 0 bridgehead atoms. The van der Waals surface area contributed by atoms with Crippen molar-refractivity contribution in [2.75, 3.05) is 0 Å². The van der Waals surface area contributed by atoms with Crippen molar-refractivity contribution < 1.29 is 18.3 Å². The van der Waals surface area contributed by atoms with Crippen molar-refractivity contribution in [3.05, 3.63) is 81.8 Å². The first-order valence-corrected chi connectivity index (χ1v) is 10.3. The number of aldehydes is 1. The van der Waals surface area contributed by atoms with Crippen LogP contribution in [0.25, 0.3) is 11.3 Å². The van der Waals surface area contributed by atoms with Crippen LogP contribution in [0.2, 0.25) is 0 Å². The minimum atomic E-state index is -2.14. The number of aromatic nitrogens is 1. The highest BCUT2D eigenvalue weighted by Gasteiger charge is 2.32. The van der Waals surface area contributed by atoms with Gasteiger partial charge in [-0.1, -0.05) is 53.5 Å². The summed E-state index contributed by atoms with van der Waals surface area (Å²) in [5.41, 5.74) is 2.98. The highest BCUT2D eigenvalue weighted by molar-refractivity contribution is 7.78. The van der Waals surface area contributed by atoms with Gasteiger partial charge >= 0.3 is 0 Å². The smallest absolute Gasteiger partial charge is 0.141 e. The first-order chi connectivity index (χ1) is 13.2. The van der Waals surface area contributed by atoms with E-state index in [0.29, 0.717) is 17.1 Å². The van der Waals surface area contributed by atoms with Gasteiger partial charge in [0.1, 0.15) is 22.8 Å². The number of fused-ring (bicyclic) bond motifs is 1. The van der Waals surface area contributed by atoms with Gasteiger partial charge < -0.3 is 14.1 Å². The van der Waals surface area contributed by atoms with Crippen molar-refractivity contribution in [1.82, 2.24) is 4.98 Å². The number of hydrogen-bond acceptors (Lipinski definition) is 6. The summed E-state index contributed by atoms with van der Waals surface area (Å²) in [5, 5.41) is 2.58. The molecule has 1 aliphatic heterocycles. The Balaban J connectivity index is 1.86. The van der Waals surface area contributed by atoms with E-state index in [1.165, 1.54) is 11.3 Å². The zero-order valence-corrected chi connectivity index (χ0v) is 15.7. The summed E-state index contributed by atoms with van der Waals surface area (Å²) >= 11 is -0.700. The number of nitrogens with zero attached hydrogens (tertiary/aromatic N) is 1. The number of carbonyl (C=O) groups excluding carboxylic acids is 1. The molecular weight excluding hydrogens is 382 g/mol. The van der Waals surface area contributed by atoms with Crippen LogP contribution in [0, 0.1) is 0 Å². The quantitative estimate of drug-likeness (QED) is 0.485. The Morgan fingerprint density at radius 3 is 2.63 bits per heavy atom. The van der Waals surface area contributed by atoms with E-state index in [9.17, 15) is 13.6 Å². The number of benzene rings is 2. The molecule has 0 saturated heterocycles. The molecule has 0 fully saturated rings. The maximum Gasteiger partial charge on any atom is 0.141 e. The van der Waals surface area contributed by atoms with Gasteiger partial charge in [0.2, 0.25) is 0 Å². The highest BCUT2D eigenvalue weighted by atomic mass is 32.2. The SMILES string of the molecule is O=CC1C(c2nccs2)=C(c2ccc(CS(=O)[O-])cc2)Oc2ccccc21. The lowest BCUT2D eigenvalue weighted by Crippen LogP contribution is -2.15. The zero-order chi connectivity index (χ0) is 18.8. The maximum absolute atomic E-state index is 12.0.